The summed E-state index contributed by atoms with van der Waals surface area (Å²) in [7, 11) is 2.14. The SMILES string of the molecule is CCNC(Cc1c(C)n(CC)c2cc3c(cc12)CN(C)C3)C(=O)O. The first-order valence-corrected chi connectivity index (χ1v) is 8.74. The van der Waals surface area contributed by atoms with Crippen molar-refractivity contribution in [3.63, 3.8) is 0 Å². The highest BCUT2D eigenvalue weighted by atomic mass is 16.4. The third-order valence-corrected chi connectivity index (χ3v) is 5.13. The summed E-state index contributed by atoms with van der Waals surface area (Å²) in [6.45, 7) is 9.72. The summed E-state index contributed by atoms with van der Waals surface area (Å²) in [4.78, 5) is 13.9. The number of hydrogen-bond donors (Lipinski definition) is 2. The van der Waals surface area contributed by atoms with E-state index >= 15 is 0 Å². The van der Waals surface area contributed by atoms with Gasteiger partial charge < -0.3 is 15.0 Å². The maximum absolute atomic E-state index is 11.6. The van der Waals surface area contributed by atoms with Gasteiger partial charge in [0.1, 0.15) is 6.04 Å². The van der Waals surface area contributed by atoms with Gasteiger partial charge in [-0.25, -0.2) is 0 Å². The first kappa shape index (κ1) is 17.0. The normalized spacial score (nSPS) is 15.8. The van der Waals surface area contributed by atoms with Crippen LogP contribution in [0.1, 0.15) is 36.2 Å². The quantitative estimate of drug-likeness (QED) is 0.855. The monoisotopic (exact) mass is 329 g/mol. The summed E-state index contributed by atoms with van der Waals surface area (Å²) in [5.74, 6) is -0.783. The number of aryl methyl sites for hydroxylation is 1. The van der Waals surface area contributed by atoms with E-state index in [1.54, 1.807) is 0 Å². The van der Waals surface area contributed by atoms with E-state index in [1.807, 2.05) is 6.92 Å². The molecule has 1 aromatic carbocycles. The molecule has 2 N–H and O–H groups in total. The highest BCUT2D eigenvalue weighted by Gasteiger charge is 2.24. The van der Waals surface area contributed by atoms with Crippen LogP contribution in [-0.2, 0) is 30.8 Å². The molecule has 1 aromatic heterocycles. The van der Waals surface area contributed by atoms with Crippen LogP contribution in [0.4, 0.5) is 0 Å². The Kier molecular flexibility index (Phi) is 4.65. The Morgan fingerprint density at radius 1 is 1.29 bits per heavy atom. The molecule has 3 rings (SSSR count). The summed E-state index contributed by atoms with van der Waals surface area (Å²) in [5, 5.41) is 13.8. The van der Waals surface area contributed by atoms with E-state index in [9.17, 15) is 9.90 Å². The van der Waals surface area contributed by atoms with Gasteiger partial charge in [0.2, 0.25) is 0 Å². The van der Waals surface area contributed by atoms with Crippen molar-refractivity contribution in [2.75, 3.05) is 13.6 Å². The lowest BCUT2D eigenvalue weighted by Gasteiger charge is -2.13. The van der Waals surface area contributed by atoms with Crippen LogP contribution in [0.3, 0.4) is 0 Å². The summed E-state index contributed by atoms with van der Waals surface area (Å²) < 4.78 is 2.31. The van der Waals surface area contributed by atoms with Crippen LogP contribution in [0.5, 0.6) is 0 Å². The predicted octanol–water partition coefficient (Wildman–Crippen LogP) is 2.52. The Morgan fingerprint density at radius 2 is 1.96 bits per heavy atom. The molecule has 0 fully saturated rings. The van der Waals surface area contributed by atoms with E-state index in [0.29, 0.717) is 13.0 Å². The van der Waals surface area contributed by atoms with Crippen LogP contribution < -0.4 is 5.32 Å². The molecule has 1 atom stereocenters. The minimum Gasteiger partial charge on any atom is -0.480 e. The van der Waals surface area contributed by atoms with Gasteiger partial charge in [-0.3, -0.25) is 9.69 Å². The molecular formula is C19H27N3O2. The van der Waals surface area contributed by atoms with E-state index in [-0.39, 0.29) is 0 Å². The predicted molar refractivity (Wildman–Crippen MR) is 96.3 cm³/mol. The number of nitrogens with zero attached hydrogens (tertiary/aromatic N) is 2. The molecule has 2 heterocycles. The standard InChI is InChI=1S/C19H27N3O2/c1-5-20-17(19(23)24)9-15-12(3)22(6-2)18-8-14-11-21(4)10-13(14)7-16(15)18/h7-8,17,20H,5-6,9-11H2,1-4H3,(H,23,24). The topological polar surface area (TPSA) is 57.5 Å². The van der Waals surface area contributed by atoms with Crippen molar-refractivity contribution >= 4 is 16.9 Å². The third kappa shape index (κ3) is 2.82. The minimum absolute atomic E-state index is 0.521. The summed E-state index contributed by atoms with van der Waals surface area (Å²) in [6.07, 6.45) is 0.521. The molecule has 1 aliphatic heterocycles. The van der Waals surface area contributed by atoms with Crippen molar-refractivity contribution in [3.05, 3.63) is 34.5 Å². The van der Waals surface area contributed by atoms with E-state index < -0.39 is 12.0 Å². The molecule has 2 aromatic rings. The molecule has 0 bridgehead atoms. The van der Waals surface area contributed by atoms with Gasteiger partial charge in [-0.1, -0.05) is 6.92 Å². The highest BCUT2D eigenvalue weighted by molar-refractivity contribution is 5.88. The zero-order valence-electron chi connectivity index (χ0n) is 15.0. The number of likely N-dealkylation sites (N-methyl/N-ethyl adjacent to an activating group) is 1. The lowest BCUT2D eigenvalue weighted by Crippen LogP contribution is -2.38. The maximum atomic E-state index is 11.6. The lowest BCUT2D eigenvalue weighted by atomic mass is 9.99. The molecule has 130 valence electrons. The number of rotatable bonds is 6. The van der Waals surface area contributed by atoms with Crippen LogP contribution in [0.25, 0.3) is 10.9 Å². The number of aromatic nitrogens is 1. The van der Waals surface area contributed by atoms with Gasteiger partial charge in [-0.05, 0) is 56.3 Å². The molecule has 0 amide bonds. The second kappa shape index (κ2) is 6.57. The zero-order valence-corrected chi connectivity index (χ0v) is 15.0. The fraction of sp³-hybridized carbons (Fsp3) is 0.526. The number of nitrogens with one attached hydrogen (secondary N) is 1. The van der Waals surface area contributed by atoms with Gasteiger partial charge in [0.15, 0.2) is 0 Å². The van der Waals surface area contributed by atoms with Gasteiger partial charge in [0.25, 0.3) is 0 Å². The molecule has 5 heteroatoms. The molecule has 0 saturated heterocycles. The molecule has 0 saturated carbocycles. The Morgan fingerprint density at radius 3 is 2.54 bits per heavy atom. The van der Waals surface area contributed by atoms with Crippen LogP contribution in [0.15, 0.2) is 12.1 Å². The van der Waals surface area contributed by atoms with E-state index in [1.165, 1.54) is 27.7 Å². The molecule has 1 aliphatic rings. The first-order valence-electron chi connectivity index (χ1n) is 8.74. The molecule has 1 unspecified atom stereocenters. The molecule has 0 aliphatic carbocycles. The van der Waals surface area contributed by atoms with Crippen LogP contribution >= 0.6 is 0 Å². The highest BCUT2D eigenvalue weighted by Crippen LogP contribution is 2.33. The number of hydrogen-bond acceptors (Lipinski definition) is 3. The largest absolute Gasteiger partial charge is 0.480 e. The Hall–Kier alpha value is -1.85. The smallest absolute Gasteiger partial charge is 0.321 e. The lowest BCUT2D eigenvalue weighted by molar-refractivity contribution is -0.139. The van der Waals surface area contributed by atoms with E-state index in [0.717, 1.165) is 25.2 Å². The third-order valence-electron chi connectivity index (χ3n) is 5.13. The number of fused-ring (bicyclic) bond motifs is 2. The van der Waals surface area contributed by atoms with E-state index in [2.05, 4.69) is 47.8 Å². The minimum atomic E-state index is -0.783. The Bertz CT molecular complexity index is 779. The van der Waals surface area contributed by atoms with E-state index in [4.69, 9.17) is 0 Å². The summed E-state index contributed by atoms with van der Waals surface area (Å²) in [5.41, 5.74) is 6.35. The van der Waals surface area contributed by atoms with Gasteiger partial charge in [-0.2, -0.15) is 0 Å². The second-order valence-electron chi connectivity index (χ2n) is 6.77. The number of aliphatic carboxylic acids is 1. The second-order valence-corrected chi connectivity index (χ2v) is 6.77. The number of carboxylic acids is 1. The van der Waals surface area contributed by atoms with Crippen LogP contribution in [0.2, 0.25) is 0 Å². The van der Waals surface area contributed by atoms with Crippen LogP contribution in [-0.4, -0.2) is 40.2 Å². The number of benzene rings is 1. The summed E-state index contributed by atoms with van der Waals surface area (Å²) >= 11 is 0. The molecular weight excluding hydrogens is 302 g/mol. The van der Waals surface area contributed by atoms with Gasteiger partial charge in [0, 0.05) is 42.7 Å². The van der Waals surface area contributed by atoms with Gasteiger partial charge >= 0.3 is 5.97 Å². The van der Waals surface area contributed by atoms with Crippen molar-refractivity contribution in [1.82, 2.24) is 14.8 Å². The van der Waals surface area contributed by atoms with Crippen LogP contribution in [0, 0.1) is 6.92 Å². The molecule has 24 heavy (non-hydrogen) atoms. The zero-order chi connectivity index (χ0) is 17.4. The molecule has 0 spiro atoms. The fourth-order valence-corrected chi connectivity index (χ4v) is 3.97. The van der Waals surface area contributed by atoms with Gasteiger partial charge in [0.05, 0.1) is 0 Å². The van der Waals surface area contributed by atoms with Gasteiger partial charge in [-0.15, -0.1) is 0 Å². The number of carboxylic acid groups (broad SMARTS) is 1. The average Bonchev–Trinajstić information content (AvgIpc) is 3.01. The fourth-order valence-electron chi connectivity index (χ4n) is 3.97. The van der Waals surface area contributed by atoms with Crippen molar-refractivity contribution in [2.24, 2.45) is 0 Å². The number of carbonyl (C=O) groups is 1. The molecule has 0 radical (unpaired) electrons. The van der Waals surface area contributed by atoms with Crippen molar-refractivity contribution < 1.29 is 9.90 Å². The Balaban J connectivity index is 2.11. The van der Waals surface area contributed by atoms with Crippen molar-refractivity contribution in [2.45, 2.75) is 52.9 Å². The molecule has 5 nitrogen and oxygen atoms in total. The van der Waals surface area contributed by atoms with Crippen molar-refractivity contribution in [3.8, 4) is 0 Å². The Labute approximate surface area is 143 Å². The maximum Gasteiger partial charge on any atom is 0.321 e. The average molecular weight is 329 g/mol. The summed E-state index contributed by atoms with van der Waals surface area (Å²) in [6, 6.07) is 4.05. The van der Waals surface area contributed by atoms with Crippen molar-refractivity contribution in [1.29, 1.82) is 0 Å². The first-order chi connectivity index (χ1) is 11.5.